The van der Waals surface area contributed by atoms with E-state index in [0.29, 0.717) is 0 Å². The van der Waals surface area contributed by atoms with Crippen molar-refractivity contribution >= 4 is 12.1 Å². The molecule has 1 aromatic heterocycles. The molecule has 0 atom stereocenters. The van der Waals surface area contributed by atoms with Crippen molar-refractivity contribution in [2.75, 3.05) is 6.54 Å². The monoisotopic (exact) mass is 294 g/mol. The van der Waals surface area contributed by atoms with Crippen LogP contribution in [0.5, 0.6) is 0 Å². The van der Waals surface area contributed by atoms with Crippen LogP contribution in [0.2, 0.25) is 0 Å². The minimum absolute atomic E-state index is 0.00863. The standard InChI is InChI=1S/C14H15FN2O4/c1-14(2,3)21-13(20)16-6-4-5-9-7-10(12(18)19)11(15)17-8-9/h7-8H,6H2,1-3H3,(H,16,20)(H,18,19). The average Bonchev–Trinajstić information content (AvgIpc) is 2.34. The van der Waals surface area contributed by atoms with Crippen LogP contribution < -0.4 is 5.32 Å². The number of amides is 1. The lowest BCUT2D eigenvalue weighted by Crippen LogP contribution is -2.32. The molecule has 6 nitrogen and oxygen atoms in total. The van der Waals surface area contributed by atoms with Gasteiger partial charge in [0.15, 0.2) is 0 Å². The van der Waals surface area contributed by atoms with Crippen molar-refractivity contribution in [1.82, 2.24) is 10.3 Å². The summed E-state index contributed by atoms with van der Waals surface area (Å²) in [6, 6.07) is 1.07. The van der Waals surface area contributed by atoms with Gasteiger partial charge in [0.05, 0.1) is 6.54 Å². The van der Waals surface area contributed by atoms with E-state index in [1.54, 1.807) is 20.8 Å². The Bertz CT molecular complexity index is 612. The van der Waals surface area contributed by atoms with E-state index in [1.165, 1.54) is 0 Å². The van der Waals surface area contributed by atoms with E-state index in [0.717, 1.165) is 12.3 Å². The Balaban J connectivity index is 2.62. The third-order valence-corrected chi connectivity index (χ3v) is 2.02. The number of pyridine rings is 1. The van der Waals surface area contributed by atoms with Gasteiger partial charge in [-0.25, -0.2) is 14.6 Å². The summed E-state index contributed by atoms with van der Waals surface area (Å²) >= 11 is 0. The molecule has 2 N–H and O–H groups in total. The quantitative estimate of drug-likeness (QED) is 0.641. The predicted molar refractivity (Wildman–Crippen MR) is 72.3 cm³/mol. The number of nitrogens with one attached hydrogen (secondary N) is 1. The fourth-order valence-corrected chi connectivity index (χ4v) is 1.24. The smallest absolute Gasteiger partial charge is 0.408 e. The predicted octanol–water partition coefficient (Wildman–Crippen LogP) is 1.80. The molecule has 7 heteroatoms. The van der Waals surface area contributed by atoms with E-state index in [9.17, 15) is 14.0 Å². The first kappa shape index (κ1) is 16.4. The maximum Gasteiger partial charge on any atom is 0.408 e. The van der Waals surface area contributed by atoms with Crippen LogP contribution in [0.4, 0.5) is 9.18 Å². The summed E-state index contributed by atoms with van der Waals surface area (Å²) in [5.74, 6) is 2.67. The Morgan fingerprint density at radius 1 is 1.48 bits per heavy atom. The van der Waals surface area contributed by atoms with Crippen LogP contribution in [-0.4, -0.2) is 34.3 Å². The van der Waals surface area contributed by atoms with Gasteiger partial charge in [-0.15, -0.1) is 0 Å². The topological polar surface area (TPSA) is 88.5 Å². The number of hydrogen-bond acceptors (Lipinski definition) is 4. The fraction of sp³-hybridized carbons (Fsp3) is 0.357. The van der Waals surface area contributed by atoms with Gasteiger partial charge in [0.25, 0.3) is 0 Å². The molecule has 112 valence electrons. The van der Waals surface area contributed by atoms with Gasteiger partial charge in [0.2, 0.25) is 5.95 Å². The number of carbonyl (C=O) groups excluding carboxylic acids is 1. The van der Waals surface area contributed by atoms with Crippen LogP contribution in [0, 0.1) is 17.8 Å². The maximum atomic E-state index is 13.1. The number of halogens is 1. The van der Waals surface area contributed by atoms with Crippen molar-refractivity contribution in [2.24, 2.45) is 0 Å². The Morgan fingerprint density at radius 2 is 2.14 bits per heavy atom. The van der Waals surface area contributed by atoms with E-state index in [1.807, 2.05) is 0 Å². The SMILES string of the molecule is CC(C)(C)OC(=O)NCC#Cc1cnc(F)c(C(=O)O)c1. The molecule has 0 aliphatic heterocycles. The molecule has 0 aromatic carbocycles. The van der Waals surface area contributed by atoms with E-state index >= 15 is 0 Å². The number of nitrogens with zero attached hydrogens (tertiary/aromatic N) is 1. The number of aromatic carboxylic acids is 1. The number of rotatable bonds is 2. The maximum absolute atomic E-state index is 13.1. The summed E-state index contributed by atoms with van der Waals surface area (Å²) in [5, 5.41) is 11.2. The van der Waals surface area contributed by atoms with E-state index in [-0.39, 0.29) is 12.1 Å². The van der Waals surface area contributed by atoms with E-state index < -0.39 is 29.2 Å². The van der Waals surface area contributed by atoms with Crippen LogP contribution >= 0.6 is 0 Å². The van der Waals surface area contributed by atoms with Crippen LogP contribution in [0.3, 0.4) is 0 Å². The summed E-state index contributed by atoms with van der Waals surface area (Å²) in [6.07, 6.45) is 0.502. The molecule has 0 aliphatic carbocycles. The second kappa shape index (κ2) is 6.70. The van der Waals surface area contributed by atoms with E-state index in [2.05, 4.69) is 22.1 Å². The molecule has 0 radical (unpaired) electrons. The molecule has 21 heavy (non-hydrogen) atoms. The normalized spacial score (nSPS) is 10.3. The van der Waals surface area contributed by atoms with Crippen LogP contribution in [0.15, 0.2) is 12.3 Å². The lowest BCUT2D eigenvalue weighted by atomic mass is 10.2. The number of carboxylic acid groups (broad SMARTS) is 1. The van der Waals surface area contributed by atoms with Gasteiger partial charge in [-0.2, -0.15) is 4.39 Å². The van der Waals surface area contributed by atoms with Crippen molar-refractivity contribution in [3.05, 3.63) is 29.3 Å². The molecule has 1 amide bonds. The highest BCUT2D eigenvalue weighted by molar-refractivity contribution is 5.87. The molecule has 1 aromatic rings. The van der Waals surface area contributed by atoms with Crippen LogP contribution in [-0.2, 0) is 4.74 Å². The molecule has 0 saturated carbocycles. The first-order valence-electron chi connectivity index (χ1n) is 6.03. The number of ether oxygens (including phenoxy) is 1. The third kappa shape index (κ3) is 5.91. The van der Waals surface area contributed by atoms with Crippen molar-refractivity contribution < 1.29 is 23.8 Å². The molecule has 1 rings (SSSR count). The summed E-state index contributed by atoms with van der Waals surface area (Å²) in [7, 11) is 0. The van der Waals surface area contributed by atoms with Gasteiger partial charge in [-0.05, 0) is 26.8 Å². The third-order valence-electron chi connectivity index (χ3n) is 2.02. The van der Waals surface area contributed by atoms with Crippen molar-refractivity contribution in [1.29, 1.82) is 0 Å². The number of hydrogen-bond donors (Lipinski definition) is 2. The molecule has 0 bridgehead atoms. The number of alkyl carbamates (subject to hydrolysis) is 1. The van der Waals surface area contributed by atoms with Gasteiger partial charge in [0, 0.05) is 11.8 Å². The van der Waals surface area contributed by atoms with Gasteiger partial charge in [-0.1, -0.05) is 11.8 Å². The highest BCUT2D eigenvalue weighted by Gasteiger charge is 2.15. The van der Waals surface area contributed by atoms with Crippen LogP contribution in [0.1, 0.15) is 36.7 Å². The van der Waals surface area contributed by atoms with Gasteiger partial charge < -0.3 is 15.2 Å². The summed E-state index contributed by atoms with van der Waals surface area (Å²) in [4.78, 5) is 25.3. The van der Waals surface area contributed by atoms with Gasteiger partial charge >= 0.3 is 12.1 Å². The molecular formula is C14H15FN2O4. The molecule has 1 heterocycles. The highest BCUT2D eigenvalue weighted by Crippen LogP contribution is 2.07. The summed E-state index contributed by atoms with van der Waals surface area (Å²) in [6.45, 7) is 5.20. The van der Waals surface area contributed by atoms with Gasteiger partial charge in [0.1, 0.15) is 11.2 Å². The molecule has 0 spiro atoms. The van der Waals surface area contributed by atoms with Gasteiger partial charge in [-0.3, -0.25) is 0 Å². The lowest BCUT2D eigenvalue weighted by molar-refractivity contribution is 0.0534. The minimum atomic E-state index is -1.42. The van der Waals surface area contributed by atoms with E-state index in [4.69, 9.17) is 9.84 Å². The zero-order chi connectivity index (χ0) is 16.0. The second-order valence-electron chi connectivity index (χ2n) is 5.02. The Hall–Kier alpha value is -2.62. The first-order chi connectivity index (χ1) is 9.69. The summed E-state index contributed by atoms with van der Waals surface area (Å²) < 4.78 is 18.1. The molecule has 0 saturated heterocycles. The van der Waals surface area contributed by atoms with Crippen LogP contribution in [0.25, 0.3) is 0 Å². The second-order valence-corrected chi connectivity index (χ2v) is 5.02. The zero-order valence-electron chi connectivity index (χ0n) is 11.9. The molecule has 0 fully saturated rings. The lowest BCUT2D eigenvalue weighted by Gasteiger charge is -2.18. The average molecular weight is 294 g/mol. The highest BCUT2D eigenvalue weighted by atomic mass is 19.1. The number of aromatic nitrogens is 1. The largest absolute Gasteiger partial charge is 0.478 e. The van der Waals surface area contributed by atoms with Crippen molar-refractivity contribution in [3.8, 4) is 11.8 Å². The fourth-order valence-electron chi connectivity index (χ4n) is 1.24. The summed E-state index contributed by atoms with van der Waals surface area (Å²) in [5.41, 5.74) is -0.920. The Kier molecular flexibility index (Phi) is 5.24. The Labute approximate surface area is 121 Å². The number of carboxylic acids is 1. The zero-order valence-corrected chi connectivity index (χ0v) is 11.9. The minimum Gasteiger partial charge on any atom is -0.478 e. The first-order valence-corrected chi connectivity index (χ1v) is 6.03. The number of carbonyl (C=O) groups is 2. The molecule has 0 aliphatic rings. The molecule has 0 unspecified atom stereocenters. The Morgan fingerprint density at radius 3 is 2.71 bits per heavy atom. The van der Waals surface area contributed by atoms with Crippen molar-refractivity contribution in [3.63, 3.8) is 0 Å². The molecular weight excluding hydrogens is 279 g/mol. The van der Waals surface area contributed by atoms with Crippen molar-refractivity contribution in [2.45, 2.75) is 26.4 Å².